The van der Waals surface area contributed by atoms with Crippen molar-refractivity contribution in [1.82, 2.24) is 15.1 Å². The van der Waals surface area contributed by atoms with Gasteiger partial charge < -0.3 is 19.5 Å². The van der Waals surface area contributed by atoms with Crippen LogP contribution in [0.2, 0.25) is 0 Å². The van der Waals surface area contributed by atoms with Crippen molar-refractivity contribution in [2.75, 3.05) is 20.3 Å². The lowest BCUT2D eigenvalue weighted by atomic mass is 9.44. The molecule has 3 fully saturated rings. The van der Waals surface area contributed by atoms with Crippen molar-refractivity contribution in [3.63, 3.8) is 0 Å². The topological polar surface area (TPSA) is 74.6 Å². The van der Waals surface area contributed by atoms with Crippen LogP contribution in [-0.2, 0) is 15.0 Å². The molecule has 3 aliphatic rings. The molecule has 1 amide bonds. The van der Waals surface area contributed by atoms with Crippen molar-refractivity contribution in [3.05, 3.63) is 12.4 Å². The number of aromatic nitrogens is 2. The lowest BCUT2D eigenvalue weighted by molar-refractivity contribution is -0.143. The Kier molecular flexibility index (Phi) is 3.78. The molecular weight excluding hydrogens is 298 g/mol. The molecule has 0 aromatic carbocycles. The molecule has 0 radical (unpaired) electrons. The Labute approximate surface area is 136 Å². The molecule has 2 bridgehead atoms. The van der Waals surface area contributed by atoms with Gasteiger partial charge in [-0.1, -0.05) is 0 Å². The number of amides is 1. The minimum atomic E-state index is -0.471. The van der Waals surface area contributed by atoms with Crippen molar-refractivity contribution in [2.24, 2.45) is 0 Å². The Morgan fingerprint density at radius 2 is 2.04 bits per heavy atom. The Hall–Kier alpha value is -1.76. The van der Waals surface area contributed by atoms with Crippen molar-refractivity contribution in [1.29, 1.82) is 0 Å². The van der Waals surface area contributed by atoms with Crippen LogP contribution in [0.4, 0.5) is 4.79 Å². The second-order valence-electron chi connectivity index (χ2n) is 7.62. The smallest absolute Gasteiger partial charge is 0.408 e. The van der Waals surface area contributed by atoms with E-state index in [1.807, 2.05) is 31.6 Å². The van der Waals surface area contributed by atoms with E-state index in [4.69, 9.17) is 14.2 Å². The van der Waals surface area contributed by atoms with Crippen LogP contribution in [-0.4, -0.2) is 47.3 Å². The van der Waals surface area contributed by atoms with E-state index in [-0.39, 0.29) is 17.2 Å². The second-order valence-corrected chi connectivity index (χ2v) is 7.62. The number of carbonyl (C=O) groups excluding carboxylic acids is 1. The molecule has 0 saturated heterocycles. The minimum absolute atomic E-state index is 0.0257. The van der Waals surface area contributed by atoms with Gasteiger partial charge in [0, 0.05) is 7.11 Å². The van der Waals surface area contributed by atoms with Crippen LogP contribution in [0.5, 0.6) is 5.75 Å². The number of methoxy groups -OCH3 is 1. The summed E-state index contributed by atoms with van der Waals surface area (Å²) in [7, 11) is 1.64. The first-order valence-corrected chi connectivity index (χ1v) is 7.94. The molecule has 0 spiro atoms. The molecule has 7 nitrogen and oxygen atoms in total. The van der Waals surface area contributed by atoms with Gasteiger partial charge in [-0.25, -0.2) is 4.79 Å². The Bertz CT molecular complexity index is 571. The first kappa shape index (κ1) is 16.1. The van der Waals surface area contributed by atoms with Gasteiger partial charge in [0.15, 0.2) is 5.75 Å². The highest BCUT2D eigenvalue weighted by Crippen LogP contribution is 2.65. The number of hydrogen-bond acceptors (Lipinski definition) is 5. The molecule has 0 aliphatic heterocycles. The first-order valence-electron chi connectivity index (χ1n) is 7.94. The van der Waals surface area contributed by atoms with Gasteiger partial charge in [-0.2, -0.15) is 5.10 Å². The third kappa shape index (κ3) is 3.15. The quantitative estimate of drug-likeness (QED) is 0.811. The molecule has 3 aliphatic carbocycles. The maximum atomic E-state index is 11.9. The highest BCUT2D eigenvalue weighted by molar-refractivity contribution is 5.70. The summed E-state index contributed by atoms with van der Waals surface area (Å²) in [6.45, 7) is 6.67. The van der Waals surface area contributed by atoms with Crippen molar-refractivity contribution < 1.29 is 19.0 Å². The van der Waals surface area contributed by atoms with Crippen LogP contribution in [0.1, 0.15) is 40.0 Å². The molecular formula is C16H25N3O4. The fourth-order valence-corrected chi connectivity index (χ4v) is 3.51. The van der Waals surface area contributed by atoms with E-state index in [1.54, 1.807) is 13.3 Å². The normalized spacial score (nSPS) is 28.5. The number of rotatable bonds is 6. The lowest BCUT2D eigenvalue weighted by Gasteiger charge is -2.69. The van der Waals surface area contributed by atoms with Crippen LogP contribution in [0.25, 0.3) is 0 Å². The van der Waals surface area contributed by atoms with E-state index in [9.17, 15) is 4.79 Å². The Balaban J connectivity index is 1.50. The summed E-state index contributed by atoms with van der Waals surface area (Å²) in [6, 6.07) is 0. The summed E-state index contributed by atoms with van der Waals surface area (Å²) in [5.41, 5.74) is -0.565. The molecule has 4 rings (SSSR count). The number of nitrogens with zero attached hydrogens (tertiary/aromatic N) is 2. The van der Waals surface area contributed by atoms with Gasteiger partial charge in [-0.3, -0.25) is 4.68 Å². The van der Waals surface area contributed by atoms with E-state index in [0.29, 0.717) is 13.2 Å². The highest BCUT2D eigenvalue weighted by atomic mass is 16.6. The fraction of sp³-hybridized carbons (Fsp3) is 0.750. The molecule has 1 aromatic rings. The molecule has 1 heterocycles. The lowest BCUT2D eigenvalue weighted by Crippen LogP contribution is -2.79. The minimum Gasteiger partial charge on any atom is -0.488 e. The van der Waals surface area contributed by atoms with Gasteiger partial charge in [-0.15, -0.1) is 0 Å². The highest BCUT2D eigenvalue weighted by Gasteiger charge is 2.70. The largest absolute Gasteiger partial charge is 0.488 e. The fourth-order valence-electron chi connectivity index (χ4n) is 3.51. The maximum Gasteiger partial charge on any atom is 0.408 e. The van der Waals surface area contributed by atoms with E-state index >= 15 is 0 Å². The predicted molar refractivity (Wildman–Crippen MR) is 83.5 cm³/mol. The molecule has 0 unspecified atom stereocenters. The van der Waals surface area contributed by atoms with Crippen LogP contribution in [0.15, 0.2) is 12.4 Å². The molecule has 3 saturated carbocycles. The SMILES string of the molecule is COCCOc1cnn(C23CC(NC(=O)OC(C)(C)C)(C2)C3)c1. The van der Waals surface area contributed by atoms with Gasteiger partial charge in [0.2, 0.25) is 0 Å². The number of carbonyl (C=O) groups is 1. The molecule has 7 heteroatoms. The summed E-state index contributed by atoms with van der Waals surface area (Å²) >= 11 is 0. The summed E-state index contributed by atoms with van der Waals surface area (Å²) in [5, 5.41) is 7.41. The third-order valence-electron chi connectivity index (χ3n) is 4.37. The van der Waals surface area contributed by atoms with Crippen molar-refractivity contribution >= 4 is 6.09 Å². The average Bonchev–Trinajstić information content (AvgIpc) is 2.78. The van der Waals surface area contributed by atoms with Crippen LogP contribution in [0.3, 0.4) is 0 Å². The van der Waals surface area contributed by atoms with Gasteiger partial charge in [-0.05, 0) is 40.0 Å². The van der Waals surface area contributed by atoms with Gasteiger partial charge in [0.25, 0.3) is 0 Å². The molecule has 128 valence electrons. The summed E-state index contributed by atoms with van der Waals surface area (Å²) < 4.78 is 17.8. The zero-order valence-electron chi connectivity index (χ0n) is 14.2. The van der Waals surface area contributed by atoms with Crippen molar-refractivity contribution in [2.45, 2.75) is 56.7 Å². The number of alkyl carbamates (subject to hydrolysis) is 1. The van der Waals surface area contributed by atoms with E-state index in [0.717, 1.165) is 25.0 Å². The Morgan fingerprint density at radius 3 is 2.65 bits per heavy atom. The summed E-state index contributed by atoms with van der Waals surface area (Å²) in [6.07, 6.45) is 5.97. The number of hydrogen-bond donors (Lipinski definition) is 1. The average molecular weight is 323 g/mol. The van der Waals surface area contributed by atoms with Crippen LogP contribution in [0, 0.1) is 0 Å². The molecule has 1 N–H and O–H groups in total. The van der Waals surface area contributed by atoms with Gasteiger partial charge in [0.05, 0.1) is 30.1 Å². The van der Waals surface area contributed by atoms with Crippen LogP contribution < -0.4 is 10.1 Å². The maximum absolute atomic E-state index is 11.9. The molecule has 0 atom stereocenters. The van der Waals surface area contributed by atoms with Crippen LogP contribution >= 0.6 is 0 Å². The third-order valence-corrected chi connectivity index (χ3v) is 4.37. The zero-order chi connectivity index (χ0) is 16.7. The number of ether oxygens (including phenoxy) is 3. The van der Waals surface area contributed by atoms with Gasteiger partial charge in [0.1, 0.15) is 12.2 Å². The zero-order valence-corrected chi connectivity index (χ0v) is 14.2. The van der Waals surface area contributed by atoms with Crippen molar-refractivity contribution in [3.8, 4) is 5.75 Å². The van der Waals surface area contributed by atoms with E-state index in [1.165, 1.54) is 0 Å². The predicted octanol–water partition coefficient (Wildman–Crippen LogP) is 2.06. The molecule has 23 heavy (non-hydrogen) atoms. The molecule has 1 aromatic heterocycles. The standard InChI is InChI=1S/C16H25N3O4/c1-14(2,3)23-13(20)18-15-9-16(10-15,11-15)19-8-12(7-17-19)22-6-5-21-4/h7-8H,5-6,9-11H2,1-4H3,(H,18,20). The second kappa shape index (κ2) is 5.40. The first-order chi connectivity index (χ1) is 10.8. The van der Waals surface area contributed by atoms with E-state index < -0.39 is 5.60 Å². The summed E-state index contributed by atoms with van der Waals surface area (Å²) in [5.74, 6) is 0.751. The summed E-state index contributed by atoms with van der Waals surface area (Å²) in [4.78, 5) is 11.9. The number of nitrogens with one attached hydrogen (secondary N) is 1. The Morgan fingerprint density at radius 1 is 1.35 bits per heavy atom. The van der Waals surface area contributed by atoms with Gasteiger partial charge >= 0.3 is 6.09 Å². The van der Waals surface area contributed by atoms with E-state index in [2.05, 4.69) is 10.4 Å². The monoisotopic (exact) mass is 323 g/mol.